The highest BCUT2D eigenvalue weighted by atomic mass is 35.5. The molecule has 0 aliphatic carbocycles. The maximum absolute atomic E-state index is 13.5. The fourth-order valence-electron chi connectivity index (χ4n) is 4.74. The van der Waals surface area contributed by atoms with E-state index in [9.17, 15) is 18.0 Å². The molecule has 1 N–H and O–H groups in total. The van der Waals surface area contributed by atoms with Gasteiger partial charge in [0.25, 0.3) is 5.56 Å². The first kappa shape index (κ1) is 21.1. The van der Waals surface area contributed by atoms with Crippen LogP contribution in [0.4, 0.5) is 19.1 Å². The Morgan fingerprint density at radius 2 is 1.83 bits per heavy atom. The van der Waals surface area contributed by atoms with E-state index in [0.29, 0.717) is 31.1 Å². The Labute approximate surface area is 177 Å². The van der Waals surface area contributed by atoms with Crippen molar-refractivity contribution >= 4 is 18.4 Å². The number of aromatic nitrogens is 3. The Morgan fingerprint density at radius 1 is 1.07 bits per heavy atom. The first-order chi connectivity index (χ1) is 13.9. The number of piperidine rings is 1. The minimum absolute atomic E-state index is 0. The highest BCUT2D eigenvalue weighted by Gasteiger charge is 2.35. The summed E-state index contributed by atoms with van der Waals surface area (Å²) in [4.78, 5) is 22.7. The second kappa shape index (κ2) is 7.85. The van der Waals surface area contributed by atoms with Crippen molar-refractivity contribution in [1.29, 1.82) is 0 Å². The van der Waals surface area contributed by atoms with E-state index in [1.54, 1.807) is 9.47 Å². The molecule has 2 aromatic heterocycles. The summed E-state index contributed by atoms with van der Waals surface area (Å²) in [7, 11) is 0. The molecule has 0 amide bonds. The van der Waals surface area contributed by atoms with E-state index < -0.39 is 11.9 Å². The number of pyridine rings is 1. The van der Waals surface area contributed by atoms with Crippen molar-refractivity contribution in [1.82, 2.24) is 19.9 Å². The molecule has 2 fully saturated rings. The van der Waals surface area contributed by atoms with Gasteiger partial charge in [0.1, 0.15) is 0 Å². The molecule has 2 atom stereocenters. The van der Waals surface area contributed by atoms with Crippen LogP contribution >= 0.6 is 12.4 Å². The van der Waals surface area contributed by atoms with Gasteiger partial charge in [-0.1, -0.05) is 0 Å². The fourth-order valence-corrected chi connectivity index (χ4v) is 4.74. The molecule has 2 aromatic rings. The number of nitrogens with zero attached hydrogens (tertiary/aromatic N) is 4. The van der Waals surface area contributed by atoms with Gasteiger partial charge in [-0.3, -0.25) is 4.79 Å². The predicted molar refractivity (Wildman–Crippen MR) is 109 cm³/mol. The lowest BCUT2D eigenvalue weighted by atomic mass is 9.83. The van der Waals surface area contributed by atoms with Crippen molar-refractivity contribution in [2.45, 2.75) is 37.9 Å². The van der Waals surface area contributed by atoms with Crippen molar-refractivity contribution in [3.8, 4) is 11.3 Å². The van der Waals surface area contributed by atoms with E-state index in [1.807, 2.05) is 6.07 Å². The van der Waals surface area contributed by atoms with Crippen LogP contribution in [0.5, 0.6) is 0 Å². The topological polar surface area (TPSA) is 63.1 Å². The molecule has 2 saturated heterocycles. The van der Waals surface area contributed by atoms with Crippen molar-refractivity contribution in [3.63, 3.8) is 0 Å². The summed E-state index contributed by atoms with van der Waals surface area (Å²) < 4.78 is 42.2. The van der Waals surface area contributed by atoms with Crippen LogP contribution in [-0.2, 0) is 12.7 Å². The van der Waals surface area contributed by atoms with E-state index >= 15 is 0 Å². The molecule has 0 aromatic carbocycles. The molecule has 10 heteroatoms. The Kier molecular flexibility index (Phi) is 5.52. The zero-order valence-corrected chi connectivity index (χ0v) is 17.1. The van der Waals surface area contributed by atoms with Crippen LogP contribution in [0.1, 0.15) is 36.6 Å². The molecule has 6 nitrogen and oxygen atoms in total. The fraction of sp³-hybridized carbons (Fsp3) is 0.550. The summed E-state index contributed by atoms with van der Waals surface area (Å²) in [5.74, 6) is 0.698. The lowest BCUT2D eigenvalue weighted by molar-refractivity contribution is -0.141. The minimum atomic E-state index is -4.57. The van der Waals surface area contributed by atoms with E-state index in [2.05, 4.69) is 15.3 Å². The quantitative estimate of drug-likeness (QED) is 0.776. The summed E-state index contributed by atoms with van der Waals surface area (Å²) in [6.07, 6.45) is -1.77. The van der Waals surface area contributed by atoms with E-state index in [0.717, 1.165) is 44.1 Å². The lowest BCUT2D eigenvalue weighted by Crippen LogP contribution is -2.44. The molecule has 0 spiro atoms. The third kappa shape index (κ3) is 3.80. The van der Waals surface area contributed by atoms with Crippen molar-refractivity contribution in [2.24, 2.45) is 5.92 Å². The van der Waals surface area contributed by atoms with Gasteiger partial charge in [-0.25, -0.2) is 9.97 Å². The van der Waals surface area contributed by atoms with Crippen LogP contribution in [0, 0.1) is 5.92 Å². The summed E-state index contributed by atoms with van der Waals surface area (Å²) in [5.41, 5.74) is 0.315. The van der Waals surface area contributed by atoms with Gasteiger partial charge in [0.2, 0.25) is 5.95 Å². The number of hydrogen-bond donors (Lipinski definition) is 1. The van der Waals surface area contributed by atoms with Gasteiger partial charge in [-0.15, -0.1) is 12.4 Å². The summed E-state index contributed by atoms with van der Waals surface area (Å²) in [6, 6.07) is 4.20. The maximum atomic E-state index is 13.5. The van der Waals surface area contributed by atoms with Crippen molar-refractivity contribution in [3.05, 3.63) is 39.9 Å². The van der Waals surface area contributed by atoms with Gasteiger partial charge in [-0.2, -0.15) is 13.2 Å². The van der Waals surface area contributed by atoms with Crippen molar-refractivity contribution in [2.75, 3.05) is 31.1 Å². The number of rotatable bonds is 2. The monoisotopic (exact) mass is 441 g/mol. The highest BCUT2D eigenvalue weighted by Crippen LogP contribution is 2.35. The number of hydrogen-bond acceptors (Lipinski definition) is 5. The summed E-state index contributed by atoms with van der Waals surface area (Å²) in [5, 5.41) is 3.39. The largest absolute Gasteiger partial charge is 0.433 e. The number of halogens is 4. The lowest BCUT2D eigenvalue weighted by Gasteiger charge is -2.37. The molecule has 30 heavy (non-hydrogen) atoms. The Bertz CT molecular complexity index is 1000. The second-order valence-electron chi connectivity index (χ2n) is 8.20. The number of nitrogens with one attached hydrogen (secondary N) is 1. The van der Waals surface area contributed by atoms with Crippen LogP contribution in [0.3, 0.4) is 0 Å². The maximum Gasteiger partial charge on any atom is 0.433 e. The SMILES string of the molecule is Cl.O=c1cc(-c2cc(C(F)(F)F)nc(N3CCCC3)n2)cc2n1C[C@@H]1CNC[C@H]2C1. The van der Waals surface area contributed by atoms with Crippen LogP contribution in [0.2, 0.25) is 0 Å². The molecule has 3 aliphatic heterocycles. The van der Waals surface area contributed by atoms with Gasteiger partial charge in [0.05, 0.1) is 5.69 Å². The molecule has 0 unspecified atom stereocenters. The zero-order chi connectivity index (χ0) is 20.2. The third-order valence-corrected chi connectivity index (χ3v) is 6.15. The molecule has 0 saturated carbocycles. The van der Waals surface area contributed by atoms with Crippen LogP contribution in [0.25, 0.3) is 11.3 Å². The summed E-state index contributed by atoms with van der Waals surface area (Å²) in [6.45, 7) is 3.60. The van der Waals surface area contributed by atoms with E-state index in [4.69, 9.17) is 0 Å². The van der Waals surface area contributed by atoms with Crippen LogP contribution < -0.4 is 15.8 Å². The van der Waals surface area contributed by atoms with Crippen LogP contribution in [0.15, 0.2) is 23.0 Å². The average molecular weight is 442 g/mol. The predicted octanol–water partition coefficient (Wildman–Crippen LogP) is 3.05. The average Bonchev–Trinajstić information content (AvgIpc) is 3.23. The molecular formula is C20H23ClF3N5O. The normalized spacial score (nSPS) is 23.1. The Hall–Kier alpha value is -2.13. The molecule has 3 aliphatic rings. The van der Waals surface area contributed by atoms with Gasteiger partial charge >= 0.3 is 6.18 Å². The van der Waals surface area contributed by atoms with Gasteiger partial charge in [0.15, 0.2) is 5.69 Å². The first-order valence-corrected chi connectivity index (χ1v) is 10.1. The number of alkyl halides is 3. The minimum Gasteiger partial charge on any atom is -0.341 e. The van der Waals surface area contributed by atoms with Crippen molar-refractivity contribution < 1.29 is 13.2 Å². The van der Waals surface area contributed by atoms with E-state index in [1.165, 1.54) is 6.07 Å². The van der Waals surface area contributed by atoms with Gasteiger partial charge in [-0.05, 0) is 43.9 Å². The highest BCUT2D eigenvalue weighted by molar-refractivity contribution is 5.85. The van der Waals surface area contributed by atoms with Gasteiger partial charge < -0.3 is 14.8 Å². The standard InChI is InChI=1S/C20H22F3N5O.ClH/c21-20(22,23)17-8-15(25-19(26-17)27-3-1-2-4-27)13-6-16-14-5-12(9-24-10-14)11-28(16)18(29)7-13;/h6-8,12,14,24H,1-5,9-11H2;1H/t12-,14+;/m0./s1. The molecule has 5 heterocycles. The second-order valence-corrected chi connectivity index (χ2v) is 8.20. The smallest absolute Gasteiger partial charge is 0.341 e. The Morgan fingerprint density at radius 3 is 2.57 bits per heavy atom. The third-order valence-electron chi connectivity index (χ3n) is 6.15. The molecule has 162 valence electrons. The molecule has 0 radical (unpaired) electrons. The van der Waals surface area contributed by atoms with Crippen LogP contribution in [-0.4, -0.2) is 40.7 Å². The molecule has 5 rings (SSSR count). The summed E-state index contributed by atoms with van der Waals surface area (Å²) >= 11 is 0. The Balaban J connectivity index is 0.00000218. The molecule has 2 bridgehead atoms. The number of fused-ring (bicyclic) bond motifs is 4. The molecular weight excluding hydrogens is 419 g/mol. The van der Waals surface area contributed by atoms with E-state index in [-0.39, 0.29) is 35.5 Å². The first-order valence-electron chi connectivity index (χ1n) is 10.1. The number of anilines is 1. The van der Waals surface area contributed by atoms with Gasteiger partial charge in [0, 0.05) is 49.4 Å². The zero-order valence-electron chi connectivity index (χ0n) is 16.3.